The molecule has 1 unspecified atom stereocenters. The molecule has 0 aromatic rings. The fourth-order valence-corrected chi connectivity index (χ4v) is 1.90. The minimum absolute atomic E-state index is 0.187. The molecule has 0 radical (unpaired) electrons. The maximum absolute atomic E-state index is 11.7. The lowest BCUT2D eigenvalue weighted by atomic mass is 9.94. The van der Waals surface area contributed by atoms with E-state index >= 15 is 0 Å². The van der Waals surface area contributed by atoms with Gasteiger partial charge in [0.15, 0.2) is 0 Å². The Morgan fingerprint density at radius 1 is 1.47 bits per heavy atom. The standard InChI is InChI=1S/C13H23NO3/c1-13(2,3)12(16)17-14-8-4-6-11(10-14)7-5-9-15/h9,11H,4-8,10H2,1-3H3. The fourth-order valence-electron chi connectivity index (χ4n) is 1.90. The van der Waals surface area contributed by atoms with Gasteiger partial charge in [-0.05, 0) is 46.0 Å². The van der Waals surface area contributed by atoms with Crippen molar-refractivity contribution in [2.75, 3.05) is 13.1 Å². The maximum atomic E-state index is 11.7. The molecule has 17 heavy (non-hydrogen) atoms. The van der Waals surface area contributed by atoms with E-state index in [2.05, 4.69) is 0 Å². The molecule has 0 aliphatic carbocycles. The average molecular weight is 241 g/mol. The highest BCUT2D eigenvalue weighted by atomic mass is 16.7. The lowest BCUT2D eigenvalue weighted by Gasteiger charge is -2.32. The minimum atomic E-state index is -0.463. The van der Waals surface area contributed by atoms with Crippen molar-refractivity contribution >= 4 is 12.3 Å². The van der Waals surface area contributed by atoms with Crippen LogP contribution in [0, 0.1) is 11.3 Å². The van der Waals surface area contributed by atoms with Crippen molar-refractivity contribution in [2.45, 2.75) is 46.5 Å². The molecular weight excluding hydrogens is 218 g/mol. The lowest BCUT2D eigenvalue weighted by molar-refractivity contribution is -0.207. The zero-order chi connectivity index (χ0) is 12.9. The van der Waals surface area contributed by atoms with Crippen LogP contribution in [0.4, 0.5) is 0 Å². The molecule has 1 aliphatic rings. The highest BCUT2D eigenvalue weighted by molar-refractivity contribution is 5.75. The van der Waals surface area contributed by atoms with Crippen LogP contribution >= 0.6 is 0 Å². The number of carbonyl (C=O) groups is 2. The number of aldehydes is 1. The summed E-state index contributed by atoms with van der Waals surface area (Å²) in [5, 5.41) is 1.76. The van der Waals surface area contributed by atoms with Crippen molar-refractivity contribution < 1.29 is 14.4 Å². The van der Waals surface area contributed by atoms with Gasteiger partial charge in [0, 0.05) is 19.5 Å². The Hall–Kier alpha value is -0.900. The molecule has 0 N–H and O–H groups in total. The molecule has 0 bridgehead atoms. The number of rotatable bonds is 4. The van der Waals surface area contributed by atoms with Crippen LogP contribution in [0.5, 0.6) is 0 Å². The molecular formula is C13H23NO3. The molecule has 1 fully saturated rings. The van der Waals surface area contributed by atoms with E-state index in [1.54, 1.807) is 5.06 Å². The zero-order valence-corrected chi connectivity index (χ0v) is 11.1. The Labute approximate surface area is 103 Å². The van der Waals surface area contributed by atoms with Crippen molar-refractivity contribution in [2.24, 2.45) is 11.3 Å². The van der Waals surface area contributed by atoms with Crippen molar-refractivity contribution in [3.8, 4) is 0 Å². The van der Waals surface area contributed by atoms with Crippen LogP contribution in [0.2, 0.25) is 0 Å². The summed E-state index contributed by atoms with van der Waals surface area (Å²) in [5.74, 6) is 0.287. The summed E-state index contributed by atoms with van der Waals surface area (Å²) in [6, 6.07) is 0. The molecule has 1 aliphatic heterocycles. The number of carbonyl (C=O) groups excluding carboxylic acids is 2. The third kappa shape index (κ3) is 4.86. The number of hydroxylamine groups is 2. The van der Waals surface area contributed by atoms with Crippen molar-refractivity contribution in [1.82, 2.24) is 5.06 Å². The predicted octanol–water partition coefficient (Wildman–Crippen LogP) is 2.18. The third-order valence-corrected chi connectivity index (χ3v) is 3.00. The van der Waals surface area contributed by atoms with Crippen LogP contribution in [-0.4, -0.2) is 30.4 Å². The molecule has 4 heteroatoms. The van der Waals surface area contributed by atoms with Gasteiger partial charge in [-0.25, -0.2) is 4.79 Å². The highest BCUT2D eigenvalue weighted by Crippen LogP contribution is 2.23. The quantitative estimate of drug-likeness (QED) is 0.708. The van der Waals surface area contributed by atoms with Crippen LogP contribution in [-0.2, 0) is 14.4 Å². The second kappa shape index (κ2) is 6.15. The maximum Gasteiger partial charge on any atom is 0.330 e. The van der Waals surface area contributed by atoms with Crippen molar-refractivity contribution in [3.63, 3.8) is 0 Å². The van der Waals surface area contributed by atoms with E-state index in [1.165, 1.54) is 0 Å². The number of hydrogen-bond acceptors (Lipinski definition) is 4. The molecule has 4 nitrogen and oxygen atoms in total. The zero-order valence-electron chi connectivity index (χ0n) is 11.1. The molecule has 0 amide bonds. The van der Waals surface area contributed by atoms with Gasteiger partial charge in [0.05, 0.1) is 5.41 Å². The van der Waals surface area contributed by atoms with E-state index in [4.69, 9.17) is 4.84 Å². The van der Waals surface area contributed by atoms with Gasteiger partial charge in [0.2, 0.25) is 0 Å². The molecule has 0 aromatic carbocycles. The molecule has 1 heterocycles. The van der Waals surface area contributed by atoms with Gasteiger partial charge < -0.3 is 9.63 Å². The predicted molar refractivity (Wildman–Crippen MR) is 65.1 cm³/mol. The summed E-state index contributed by atoms with van der Waals surface area (Å²) in [7, 11) is 0. The van der Waals surface area contributed by atoms with E-state index in [0.717, 1.165) is 38.6 Å². The molecule has 1 atom stereocenters. The molecule has 0 saturated carbocycles. The first-order valence-electron chi connectivity index (χ1n) is 6.34. The topological polar surface area (TPSA) is 46.6 Å². The van der Waals surface area contributed by atoms with Gasteiger partial charge in [-0.1, -0.05) is 0 Å². The highest BCUT2D eigenvalue weighted by Gasteiger charge is 2.28. The van der Waals surface area contributed by atoms with Gasteiger partial charge in [-0.15, -0.1) is 5.06 Å². The first-order chi connectivity index (χ1) is 7.93. The Bertz CT molecular complexity index is 270. The normalized spacial score (nSPS) is 22.2. The summed E-state index contributed by atoms with van der Waals surface area (Å²) in [4.78, 5) is 27.4. The first-order valence-corrected chi connectivity index (χ1v) is 6.34. The Balaban J connectivity index is 2.39. The second-order valence-corrected chi connectivity index (χ2v) is 5.77. The van der Waals surface area contributed by atoms with E-state index in [9.17, 15) is 9.59 Å². The molecule has 1 saturated heterocycles. The van der Waals surface area contributed by atoms with Gasteiger partial charge in [0.25, 0.3) is 0 Å². The van der Waals surface area contributed by atoms with E-state index in [0.29, 0.717) is 12.3 Å². The third-order valence-electron chi connectivity index (χ3n) is 3.00. The Morgan fingerprint density at radius 2 is 2.18 bits per heavy atom. The van der Waals surface area contributed by atoms with Crippen LogP contribution in [0.3, 0.4) is 0 Å². The van der Waals surface area contributed by atoms with E-state index < -0.39 is 5.41 Å². The van der Waals surface area contributed by atoms with E-state index in [1.807, 2.05) is 20.8 Å². The minimum Gasteiger partial charge on any atom is -0.367 e. The Kier molecular flexibility index (Phi) is 5.12. The van der Waals surface area contributed by atoms with Gasteiger partial charge in [0.1, 0.15) is 6.29 Å². The van der Waals surface area contributed by atoms with Gasteiger partial charge in [-0.2, -0.15) is 0 Å². The largest absolute Gasteiger partial charge is 0.367 e. The molecule has 1 rings (SSSR count). The molecule has 0 aromatic heterocycles. The van der Waals surface area contributed by atoms with Crippen LogP contribution in [0.1, 0.15) is 46.5 Å². The lowest BCUT2D eigenvalue weighted by Crippen LogP contribution is -2.40. The number of piperidine rings is 1. The van der Waals surface area contributed by atoms with Crippen LogP contribution < -0.4 is 0 Å². The number of nitrogens with zero attached hydrogens (tertiary/aromatic N) is 1. The molecule has 0 spiro atoms. The summed E-state index contributed by atoms with van der Waals surface area (Å²) in [6.45, 7) is 7.12. The summed E-state index contributed by atoms with van der Waals surface area (Å²) in [6.07, 6.45) is 4.61. The smallest absolute Gasteiger partial charge is 0.330 e. The monoisotopic (exact) mass is 241 g/mol. The van der Waals surface area contributed by atoms with E-state index in [-0.39, 0.29) is 5.97 Å². The fraction of sp³-hybridized carbons (Fsp3) is 0.846. The molecule has 98 valence electrons. The number of hydrogen-bond donors (Lipinski definition) is 0. The van der Waals surface area contributed by atoms with Gasteiger partial charge >= 0.3 is 5.97 Å². The average Bonchev–Trinajstić information content (AvgIpc) is 2.25. The summed E-state index contributed by atoms with van der Waals surface area (Å²) < 4.78 is 0. The first kappa shape index (κ1) is 14.2. The summed E-state index contributed by atoms with van der Waals surface area (Å²) in [5.41, 5.74) is -0.463. The van der Waals surface area contributed by atoms with Crippen LogP contribution in [0.15, 0.2) is 0 Å². The van der Waals surface area contributed by atoms with Crippen LogP contribution in [0.25, 0.3) is 0 Å². The summed E-state index contributed by atoms with van der Waals surface area (Å²) >= 11 is 0. The van der Waals surface area contributed by atoms with Crippen molar-refractivity contribution in [3.05, 3.63) is 0 Å². The second-order valence-electron chi connectivity index (χ2n) is 5.77. The SMILES string of the molecule is CC(C)(C)C(=O)ON1CCCC(CCC=O)C1. The van der Waals surface area contributed by atoms with Crippen molar-refractivity contribution in [1.29, 1.82) is 0 Å². The van der Waals surface area contributed by atoms with Gasteiger partial charge in [-0.3, -0.25) is 0 Å². The Morgan fingerprint density at radius 3 is 2.76 bits per heavy atom.